The van der Waals surface area contributed by atoms with Crippen molar-refractivity contribution in [1.29, 1.82) is 0 Å². The third kappa shape index (κ3) is 4.61. The predicted octanol–water partition coefficient (Wildman–Crippen LogP) is 3.30. The fourth-order valence-electron chi connectivity index (χ4n) is 4.45. The van der Waals surface area contributed by atoms with Crippen molar-refractivity contribution < 1.29 is 13.9 Å². The molecule has 0 spiro atoms. The first kappa shape index (κ1) is 20.5. The standard InChI is InChI=1S/C23H28N4O3S/c28-22(24-16-19(21-6-3-15-31-21)26-11-13-29-14-12-26)17-7-9-27(10-8-17)23-25-18-4-1-2-5-20(18)30-23/h1-6,15,17,19H,7-14,16H2,(H,24,28)/t19-/m0/s1. The number of benzene rings is 1. The van der Waals surface area contributed by atoms with Gasteiger partial charge in [-0.15, -0.1) is 11.3 Å². The number of aromatic nitrogens is 1. The molecule has 31 heavy (non-hydrogen) atoms. The van der Waals surface area contributed by atoms with Crippen molar-refractivity contribution in [3.63, 3.8) is 0 Å². The Bertz CT molecular complexity index is 958. The van der Waals surface area contributed by atoms with E-state index in [0.29, 0.717) is 12.6 Å². The third-order valence-electron chi connectivity index (χ3n) is 6.25. The zero-order chi connectivity index (χ0) is 21.0. The highest BCUT2D eigenvalue weighted by Crippen LogP contribution is 2.28. The number of carbonyl (C=O) groups is 1. The van der Waals surface area contributed by atoms with Gasteiger partial charge in [-0.1, -0.05) is 18.2 Å². The van der Waals surface area contributed by atoms with Gasteiger partial charge in [0.2, 0.25) is 5.91 Å². The minimum absolute atomic E-state index is 0.0364. The molecule has 0 bridgehead atoms. The molecule has 0 saturated carbocycles. The number of amides is 1. The molecule has 2 fully saturated rings. The Balaban J connectivity index is 1.16. The van der Waals surface area contributed by atoms with Crippen LogP contribution in [-0.4, -0.2) is 61.7 Å². The maximum Gasteiger partial charge on any atom is 0.298 e. The summed E-state index contributed by atoms with van der Waals surface area (Å²) in [5.41, 5.74) is 1.68. The van der Waals surface area contributed by atoms with Crippen LogP contribution in [0.2, 0.25) is 0 Å². The number of rotatable bonds is 6. The fourth-order valence-corrected chi connectivity index (χ4v) is 5.31. The third-order valence-corrected chi connectivity index (χ3v) is 7.22. The van der Waals surface area contributed by atoms with Crippen molar-refractivity contribution in [3.8, 4) is 0 Å². The molecule has 8 heteroatoms. The first-order valence-electron chi connectivity index (χ1n) is 11.0. The molecular weight excluding hydrogens is 412 g/mol. The average Bonchev–Trinajstić information content (AvgIpc) is 3.50. The van der Waals surface area contributed by atoms with E-state index in [9.17, 15) is 4.79 Å². The van der Waals surface area contributed by atoms with Crippen LogP contribution in [0.15, 0.2) is 46.2 Å². The molecule has 3 aromatic rings. The number of hydrogen-bond donors (Lipinski definition) is 1. The van der Waals surface area contributed by atoms with Gasteiger partial charge < -0.3 is 19.4 Å². The van der Waals surface area contributed by atoms with Gasteiger partial charge in [0.15, 0.2) is 5.58 Å². The van der Waals surface area contributed by atoms with Crippen LogP contribution in [0.1, 0.15) is 23.8 Å². The van der Waals surface area contributed by atoms with Gasteiger partial charge in [0.05, 0.1) is 19.3 Å². The number of piperidine rings is 1. The van der Waals surface area contributed by atoms with Gasteiger partial charge in [0.1, 0.15) is 5.52 Å². The van der Waals surface area contributed by atoms with E-state index in [1.807, 2.05) is 24.3 Å². The summed E-state index contributed by atoms with van der Waals surface area (Å²) < 4.78 is 11.4. The van der Waals surface area contributed by atoms with Crippen LogP contribution in [0.3, 0.4) is 0 Å². The second-order valence-corrected chi connectivity index (χ2v) is 9.13. The summed E-state index contributed by atoms with van der Waals surface area (Å²) in [6.45, 7) is 5.52. The first-order chi connectivity index (χ1) is 15.3. The topological polar surface area (TPSA) is 70.8 Å². The molecule has 0 aliphatic carbocycles. The Labute approximate surface area is 186 Å². The summed E-state index contributed by atoms with van der Waals surface area (Å²) in [7, 11) is 0. The van der Waals surface area contributed by atoms with Crippen LogP contribution in [-0.2, 0) is 9.53 Å². The number of morpholine rings is 1. The number of para-hydroxylation sites is 2. The van der Waals surface area contributed by atoms with Crippen LogP contribution in [0, 0.1) is 5.92 Å². The van der Waals surface area contributed by atoms with E-state index in [2.05, 4.69) is 37.6 Å². The summed E-state index contributed by atoms with van der Waals surface area (Å²) in [5, 5.41) is 5.35. The predicted molar refractivity (Wildman–Crippen MR) is 121 cm³/mol. The minimum Gasteiger partial charge on any atom is -0.423 e. The lowest BCUT2D eigenvalue weighted by molar-refractivity contribution is -0.126. The van der Waals surface area contributed by atoms with Gasteiger partial charge in [-0.3, -0.25) is 9.69 Å². The van der Waals surface area contributed by atoms with Crippen molar-refractivity contribution in [2.45, 2.75) is 18.9 Å². The first-order valence-corrected chi connectivity index (χ1v) is 11.9. The van der Waals surface area contributed by atoms with Crippen molar-refractivity contribution in [2.24, 2.45) is 5.92 Å². The number of fused-ring (bicyclic) bond motifs is 1. The van der Waals surface area contributed by atoms with Crippen LogP contribution < -0.4 is 10.2 Å². The number of thiophene rings is 1. The van der Waals surface area contributed by atoms with E-state index in [4.69, 9.17) is 9.15 Å². The van der Waals surface area contributed by atoms with Gasteiger partial charge in [-0.05, 0) is 36.4 Å². The van der Waals surface area contributed by atoms with Crippen molar-refractivity contribution in [1.82, 2.24) is 15.2 Å². The normalized spacial score (nSPS) is 19.5. The Morgan fingerprint density at radius 1 is 1.13 bits per heavy atom. The number of nitrogens with zero attached hydrogens (tertiary/aromatic N) is 3. The molecule has 164 valence electrons. The number of ether oxygens (including phenoxy) is 1. The van der Waals surface area contributed by atoms with E-state index < -0.39 is 0 Å². The minimum atomic E-state index is 0.0364. The lowest BCUT2D eigenvalue weighted by atomic mass is 9.96. The maximum atomic E-state index is 12.9. The van der Waals surface area contributed by atoms with Crippen LogP contribution in [0.25, 0.3) is 11.1 Å². The molecule has 0 radical (unpaired) electrons. The number of nitrogens with one attached hydrogen (secondary N) is 1. The summed E-state index contributed by atoms with van der Waals surface area (Å²) in [6.07, 6.45) is 1.62. The SMILES string of the molecule is O=C(NC[C@@H](c1cccs1)N1CCOCC1)C1CCN(c2nc3ccccc3o2)CC1. The highest BCUT2D eigenvalue weighted by atomic mass is 32.1. The molecule has 1 aromatic carbocycles. The van der Waals surface area contributed by atoms with E-state index in [-0.39, 0.29) is 17.9 Å². The molecule has 2 aliphatic rings. The molecule has 2 saturated heterocycles. The van der Waals surface area contributed by atoms with Gasteiger partial charge in [-0.25, -0.2) is 0 Å². The van der Waals surface area contributed by atoms with Crippen LogP contribution in [0.5, 0.6) is 0 Å². The largest absolute Gasteiger partial charge is 0.423 e. The maximum absolute atomic E-state index is 12.9. The molecule has 7 nitrogen and oxygen atoms in total. The van der Waals surface area contributed by atoms with Crippen molar-refractivity contribution in [2.75, 3.05) is 50.8 Å². The average molecular weight is 441 g/mol. The number of anilines is 1. The highest BCUT2D eigenvalue weighted by Gasteiger charge is 2.29. The van der Waals surface area contributed by atoms with Crippen molar-refractivity contribution in [3.05, 3.63) is 46.7 Å². The summed E-state index contributed by atoms with van der Waals surface area (Å²) in [5.74, 6) is 0.196. The zero-order valence-corrected chi connectivity index (χ0v) is 18.4. The fraction of sp³-hybridized carbons (Fsp3) is 0.478. The molecule has 4 heterocycles. The molecule has 0 unspecified atom stereocenters. The monoisotopic (exact) mass is 440 g/mol. The van der Waals surface area contributed by atoms with Crippen LogP contribution in [0.4, 0.5) is 6.01 Å². The number of hydrogen-bond acceptors (Lipinski definition) is 7. The Morgan fingerprint density at radius 3 is 2.68 bits per heavy atom. The number of carbonyl (C=O) groups excluding carboxylic acids is 1. The smallest absolute Gasteiger partial charge is 0.298 e. The van der Waals surface area contributed by atoms with E-state index >= 15 is 0 Å². The zero-order valence-electron chi connectivity index (χ0n) is 17.5. The van der Waals surface area contributed by atoms with Crippen LogP contribution >= 0.6 is 11.3 Å². The summed E-state index contributed by atoms with van der Waals surface area (Å²) >= 11 is 1.75. The highest BCUT2D eigenvalue weighted by molar-refractivity contribution is 7.10. The molecule has 1 N–H and O–H groups in total. The van der Waals surface area contributed by atoms with E-state index in [1.54, 1.807) is 11.3 Å². The molecule has 2 aromatic heterocycles. The second kappa shape index (κ2) is 9.38. The van der Waals surface area contributed by atoms with Gasteiger partial charge in [0, 0.05) is 43.5 Å². The Kier molecular flexibility index (Phi) is 6.20. The Hall–Kier alpha value is -2.42. The van der Waals surface area contributed by atoms with E-state index in [1.165, 1.54) is 4.88 Å². The molecule has 2 aliphatic heterocycles. The Morgan fingerprint density at radius 2 is 1.94 bits per heavy atom. The molecule has 5 rings (SSSR count). The molecular formula is C23H28N4O3S. The van der Waals surface area contributed by atoms with Gasteiger partial charge in [-0.2, -0.15) is 4.98 Å². The lowest BCUT2D eigenvalue weighted by Gasteiger charge is -2.35. The quantitative estimate of drug-likeness (QED) is 0.634. The number of oxazole rings is 1. The summed E-state index contributed by atoms with van der Waals surface area (Å²) in [4.78, 5) is 23.4. The van der Waals surface area contributed by atoms with E-state index in [0.717, 1.165) is 63.3 Å². The summed E-state index contributed by atoms with van der Waals surface area (Å²) in [6, 6.07) is 12.9. The molecule has 1 atom stereocenters. The lowest BCUT2D eigenvalue weighted by Crippen LogP contribution is -2.46. The molecule has 1 amide bonds. The second-order valence-electron chi connectivity index (χ2n) is 8.15. The van der Waals surface area contributed by atoms with Crippen molar-refractivity contribution >= 4 is 34.4 Å². The van der Waals surface area contributed by atoms with Gasteiger partial charge in [0.25, 0.3) is 6.01 Å². The van der Waals surface area contributed by atoms with Gasteiger partial charge >= 0.3 is 0 Å².